The minimum Gasteiger partial charge on any atom is -0.384 e. The van der Waals surface area contributed by atoms with Crippen LogP contribution in [0, 0.1) is 0 Å². The average molecular weight is 176 g/mol. The molecule has 0 saturated carbocycles. The first kappa shape index (κ1) is 2.82. The Morgan fingerprint density at radius 3 is 3.25 bits per heavy atom. The number of anilines is 1. The number of hydrogen-bond acceptors (Lipinski definition) is 2. The molecule has 0 saturated heterocycles. The van der Waals surface area contributed by atoms with Crippen LogP contribution in [0.3, 0.4) is 0 Å². The van der Waals surface area contributed by atoms with Gasteiger partial charge in [0.1, 0.15) is 10.4 Å². The topological polar surface area (TPSA) is 38.9 Å². The summed E-state index contributed by atoms with van der Waals surface area (Å²) < 4.78 is 21.8. The van der Waals surface area contributed by atoms with E-state index in [1.165, 1.54) is 0 Å². The zero-order valence-electron chi connectivity index (χ0n) is 6.90. The van der Waals surface area contributed by atoms with Gasteiger partial charge in [0.25, 0.3) is 0 Å². The van der Waals surface area contributed by atoms with E-state index < -0.39 is 0 Å². The van der Waals surface area contributed by atoms with E-state index in [9.17, 15) is 0 Å². The zero-order chi connectivity index (χ0) is 8.59. The van der Waals surface area contributed by atoms with Gasteiger partial charge in [0.2, 0.25) is 0 Å². The Hall–Kier alpha value is -0.570. The first-order valence-corrected chi connectivity index (χ1v) is 2.72. The van der Waals surface area contributed by atoms with E-state index in [1.807, 2.05) is 0 Å². The van der Waals surface area contributed by atoms with Crippen LogP contribution < -0.4 is 5.73 Å². The van der Waals surface area contributed by atoms with Crippen molar-refractivity contribution in [1.29, 1.82) is 0 Å². The lowest BCUT2D eigenvalue weighted by molar-refractivity contribution is 1.29. The average Bonchev–Trinajstić information content (AvgIpc) is 1.97. The van der Waals surface area contributed by atoms with Gasteiger partial charge < -0.3 is 5.73 Å². The molecule has 3 heteroatoms. The van der Waals surface area contributed by atoms with E-state index in [2.05, 4.69) is 20.9 Å². The van der Waals surface area contributed by atoms with Gasteiger partial charge >= 0.3 is 0 Å². The minimum atomic E-state index is -0.204. The van der Waals surface area contributed by atoms with Crippen molar-refractivity contribution in [2.24, 2.45) is 0 Å². The van der Waals surface area contributed by atoms with Crippen molar-refractivity contribution in [2.45, 2.75) is 0 Å². The van der Waals surface area contributed by atoms with Crippen LogP contribution >= 0.6 is 15.9 Å². The smallest absolute Gasteiger partial charge is 0.124 e. The second-order valence-corrected chi connectivity index (χ2v) is 1.91. The molecule has 0 aliphatic heterocycles. The van der Waals surface area contributed by atoms with E-state index in [-0.39, 0.29) is 28.5 Å². The highest BCUT2D eigenvalue weighted by atomic mass is 79.9. The number of halogens is 1. The maximum atomic E-state index is 7.21. The zero-order valence-corrected chi connectivity index (χ0v) is 5.49. The third-order valence-electron chi connectivity index (χ3n) is 0.575. The van der Waals surface area contributed by atoms with Crippen LogP contribution in [0.25, 0.3) is 0 Å². The lowest BCUT2D eigenvalue weighted by Gasteiger charge is -1.88. The third-order valence-corrected chi connectivity index (χ3v) is 0.950. The summed E-state index contributed by atoms with van der Waals surface area (Å²) >= 11 is 2.95. The molecule has 0 aromatic carbocycles. The minimum absolute atomic E-state index is 0.0297. The molecule has 0 aliphatic rings. The van der Waals surface area contributed by atoms with Crippen molar-refractivity contribution in [3.8, 4) is 0 Å². The lowest BCUT2D eigenvalue weighted by Crippen LogP contribution is -1.87. The maximum Gasteiger partial charge on any atom is 0.124 e. The van der Waals surface area contributed by atoms with E-state index >= 15 is 0 Å². The fraction of sp³-hybridized carbons (Fsp3) is 0. The van der Waals surface area contributed by atoms with Crippen LogP contribution in [-0.2, 0) is 0 Å². The Labute approximate surface area is 60.1 Å². The molecule has 0 unspecified atom stereocenters. The summed E-state index contributed by atoms with van der Waals surface area (Å²) in [6.07, 6.45) is 0. The van der Waals surface area contributed by atoms with Crippen LogP contribution in [0.15, 0.2) is 22.7 Å². The van der Waals surface area contributed by atoms with Crippen molar-refractivity contribution < 1.29 is 4.11 Å². The van der Waals surface area contributed by atoms with Gasteiger partial charge in [-0.2, -0.15) is 0 Å². The van der Waals surface area contributed by atoms with Gasteiger partial charge in [-0.15, -0.1) is 0 Å². The molecule has 2 N–H and O–H groups in total. The number of hydrogen-bond donors (Lipinski definition) is 1. The molecule has 0 spiro atoms. The Kier molecular flexibility index (Phi) is 0.753. The van der Waals surface area contributed by atoms with Crippen molar-refractivity contribution in [2.75, 3.05) is 5.73 Å². The van der Waals surface area contributed by atoms with Crippen LogP contribution in [0.5, 0.6) is 0 Å². The molecule has 1 heterocycles. The first-order chi connectivity index (χ1) is 5.04. The molecule has 1 aromatic rings. The van der Waals surface area contributed by atoms with Gasteiger partial charge in [-0.05, 0) is 28.0 Å². The molecular weight excluding hydrogens is 168 g/mol. The SMILES string of the molecule is [2H]c1c(N)nc(Br)c([2H])c1[2H]. The second kappa shape index (κ2) is 2.13. The summed E-state index contributed by atoms with van der Waals surface area (Å²) in [5, 5.41) is 0. The first-order valence-electron chi connectivity index (χ1n) is 3.42. The number of nitrogens with two attached hydrogens (primary N) is 1. The number of aromatic nitrogens is 1. The molecule has 0 bridgehead atoms. The van der Waals surface area contributed by atoms with Gasteiger partial charge in [-0.25, -0.2) is 4.98 Å². The maximum absolute atomic E-state index is 7.21. The van der Waals surface area contributed by atoms with E-state index in [0.717, 1.165) is 0 Å². The number of nitrogens with zero attached hydrogens (tertiary/aromatic N) is 1. The van der Waals surface area contributed by atoms with Crippen molar-refractivity contribution in [3.63, 3.8) is 0 Å². The predicted molar refractivity (Wildman–Crippen MR) is 36.3 cm³/mol. The monoisotopic (exact) mass is 175 g/mol. The molecule has 42 valence electrons. The Morgan fingerprint density at radius 1 is 1.75 bits per heavy atom. The molecule has 0 radical (unpaired) electrons. The predicted octanol–water partition coefficient (Wildman–Crippen LogP) is 1.43. The van der Waals surface area contributed by atoms with Gasteiger partial charge in [-0.3, -0.25) is 0 Å². The highest BCUT2D eigenvalue weighted by molar-refractivity contribution is 9.10. The van der Waals surface area contributed by atoms with Gasteiger partial charge in [0.15, 0.2) is 0 Å². The fourth-order valence-corrected chi connectivity index (χ4v) is 0.599. The molecule has 0 aliphatic carbocycles. The fourth-order valence-electron chi connectivity index (χ4n) is 0.309. The highest BCUT2D eigenvalue weighted by Crippen LogP contribution is 2.05. The molecule has 0 fully saturated rings. The standard InChI is InChI=1S/C5H5BrN2/c6-4-2-1-3-5(7)8-4/h1-3H,(H2,7,8)/i1D,2D,3D. The molecular formula is C5H5BrN2. The molecule has 2 nitrogen and oxygen atoms in total. The quantitative estimate of drug-likeness (QED) is 0.607. The number of nitrogen functional groups attached to an aromatic ring is 1. The molecule has 1 rings (SSSR count). The Bertz CT molecular complexity index is 276. The third kappa shape index (κ3) is 1.20. The second-order valence-electron chi connectivity index (χ2n) is 1.16. The van der Waals surface area contributed by atoms with Crippen LogP contribution in [-0.4, -0.2) is 4.98 Å². The summed E-state index contributed by atoms with van der Waals surface area (Å²) in [4.78, 5) is 3.63. The Morgan fingerprint density at radius 2 is 2.50 bits per heavy atom. The van der Waals surface area contributed by atoms with E-state index in [4.69, 9.17) is 9.85 Å². The molecule has 0 atom stereocenters. The lowest BCUT2D eigenvalue weighted by atomic mass is 10.5. The number of pyridine rings is 1. The van der Waals surface area contributed by atoms with Crippen LogP contribution in [0.4, 0.5) is 5.82 Å². The molecule has 0 amide bonds. The summed E-state index contributed by atoms with van der Waals surface area (Å²) in [5.74, 6) is -0.0297. The Balaban J connectivity index is 3.46. The van der Waals surface area contributed by atoms with E-state index in [1.54, 1.807) is 0 Å². The largest absolute Gasteiger partial charge is 0.384 e. The highest BCUT2D eigenvalue weighted by Gasteiger charge is 1.84. The van der Waals surface area contributed by atoms with Crippen molar-refractivity contribution >= 4 is 21.7 Å². The van der Waals surface area contributed by atoms with Crippen LogP contribution in [0.2, 0.25) is 0 Å². The normalized spacial score (nSPS) is 14.4. The summed E-state index contributed by atoms with van der Waals surface area (Å²) in [6.45, 7) is 0. The van der Waals surface area contributed by atoms with Crippen LogP contribution in [0.1, 0.15) is 4.11 Å². The van der Waals surface area contributed by atoms with Crippen molar-refractivity contribution in [3.05, 3.63) is 22.7 Å². The van der Waals surface area contributed by atoms with Gasteiger partial charge in [-0.1, -0.05) is 6.04 Å². The molecule has 8 heavy (non-hydrogen) atoms. The van der Waals surface area contributed by atoms with Gasteiger partial charge in [0.05, 0.1) is 4.11 Å². The summed E-state index contributed by atoms with van der Waals surface area (Å²) in [6, 6.07) is -0.508. The molecule has 1 aromatic heterocycles. The summed E-state index contributed by atoms with van der Waals surface area (Å²) in [7, 11) is 0. The van der Waals surface area contributed by atoms with Gasteiger partial charge in [0, 0.05) is 0 Å². The summed E-state index contributed by atoms with van der Waals surface area (Å²) in [5.41, 5.74) is 5.26. The van der Waals surface area contributed by atoms with E-state index in [0.29, 0.717) is 0 Å². The number of rotatable bonds is 0. The van der Waals surface area contributed by atoms with Crippen molar-refractivity contribution in [1.82, 2.24) is 4.98 Å².